The number of benzene rings is 2. The molecule has 0 saturated carbocycles. The number of ether oxygens (including phenoxy) is 1. The second-order valence-electron chi connectivity index (χ2n) is 4.31. The fraction of sp³-hybridized carbons (Fsp3) is 0.200. The van der Waals surface area contributed by atoms with E-state index >= 15 is 0 Å². The van der Waals surface area contributed by atoms with Gasteiger partial charge in [0.1, 0.15) is 5.75 Å². The van der Waals surface area contributed by atoms with E-state index in [0.717, 1.165) is 11.3 Å². The molecule has 2 heteroatoms. The van der Waals surface area contributed by atoms with Gasteiger partial charge in [-0.15, -0.1) is 0 Å². The molecule has 0 aliphatic heterocycles. The molecule has 0 aliphatic carbocycles. The van der Waals surface area contributed by atoms with Gasteiger partial charge in [0.05, 0.1) is 12.1 Å². The highest BCUT2D eigenvalue weighted by molar-refractivity contribution is 6.07. The van der Waals surface area contributed by atoms with E-state index in [4.69, 9.17) is 4.74 Å². The molecule has 0 amide bonds. The van der Waals surface area contributed by atoms with Crippen LogP contribution < -0.4 is 4.74 Å². The maximum atomic E-state index is 5.51. The summed E-state index contributed by atoms with van der Waals surface area (Å²) in [6, 6.07) is 12.7. The predicted molar refractivity (Wildman–Crippen MR) is 71.7 cm³/mol. The van der Waals surface area contributed by atoms with Crippen molar-refractivity contribution in [2.45, 2.75) is 13.8 Å². The Hall–Kier alpha value is -1.96. The van der Waals surface area contributed by atoms with Crippen LogP contribution in [0, 0.1) is 6.92 Å². The van der Waals surface area contributed by atoms with E-state index < -0.39 is 0 Å². The first-order chi connectivity index (χ1) is 8.28. The number of rotatable bonds is 2. The van der Waals surface area contributed by atoms with E-state index in [1.165, 1.54) is 21.9 Å². The number of fused-ring (bicyclic) bond motifs is 3. The Morgan fingerprint density at radius 2 is 1.71 bits per heavy atom. The Bertz CT molecular complexity index is 682. The van der Waals surface area contributed by atoms with Gasteiger partial charge in [0.15, 0.2) is 0 Å². The Kier molecular flexibility index (Phi) is 2.29. The van der Waals surface area contributed by atoms with Crippen LogP contribution in [0.1, 0.15) is 12.5 Å². The van der Waals surface area contributed by atoms with Gasteiger partial charge in [0, 0.05) is 22.4 Å². The molecule has 2 nitrogen and oxygen atoms in total. The summed E-state index contributed by atoms with van der Waals surface area (Å²) in [5.74, 6) is 0.920. The molecular weight excluding hydrogens is 210 g/mol. The highest BCUT2D eigenvalue weighted by Gasteiger charge is 2.05. The third kappa shape index (κ3) is 1.66. The van der Waals surface area contributed by atoms with Crippen LogP contribution in [0.5, 0.6) is 5.75 Å². The first kappa shape index (κ1) is 10.2. The normalized spacial score (nSPS) is 11.2. The van der Waals surface area contributed by atoms with Crippen LogP contribution in [0.25, 0.3) is 21.8 Å². The van der Waals surface area contributed by atoms with E-state index in [2.05, 4.69) is 42.2 Å². The molecule has 1 heterocycles. The van der Waals surface area contributed by atoms with Crippen molar-refractivity contribution in [3.63, 3.8) is 0 Å². The van der Waals surface area contributed by atoms with Gasteiger partial charge in [-0.1, -0.05) is 12.1 Å². The lowest BCUT2D eigenvalue weighted by Crippen LogP contribution is -1.90. The van der Waals surface area contributed by atoms with Crippen molar-refractivity contribution in [2.24, 2.45) is 0 Å². The lowest BCUT2D eigenvalue weighted by atomic mass is 10.1. The number of hydrogen-bond acceptors (Lipinski definition) is 1. The van der Waals surface area contributed by atoms with Gasteiger partial charge in [-0.05, 0) is 37.6 Å². The Balaban J connectivity index is 2.27. The van der Waals surface area contributed by atoms with Crippen LogP contribution in [-0.2, 0) is 0 Å². The molecule has 0 saturated heterocycles. The second kappa shape index (κ2) is 3.81. The predicted octanol–water partition coefficient (Wildman–Crippen LogP) is 4.03. The third-order valence-corrected chi connectivity index (χ3v) is 3.04. The maximum Gasteiger partial charge on any atom is 0.121 e. The maximum absolute atomic E-state index is 5.51. The molecule has 0 fully saturated rings. The Labute approximate surface area is 100 Å². The molecule has 0 spiro atoms. The van der Waals surface area contributed by atoms with E-state index in [9.17, 15) is 0 Å². The van der Waals surface area contributed by atoms with E-state index in [1.807, 2.05) is 13.0 Å². The molecule has 0 bridgehead atoms. The zero-order chi connectivity index (χ0) is 11.8. The second-order valence-corrected chi connectivity index (χ2v) is 4.31. The minimum atomic E-state index is 0.699. The van der Waals surface area contributed by atoms with Crippen molar-refractivity contribution < 1.29 is 4.74 Å². The van der Waals surface area contributed by atoms with Gasteiger partial charge >= 0.3 is 0 Å². The minimum absolute atomic E-state index is 0.699. The summed E-state index contributed by atoms with van der Waals surface area (Å²) in [6.45, 7) is 4.81. The summed E-state index contributed by atoms with van der Waals surface area (Å²) < 4.78 is 5.51. The molecule has 17 heavy (non-hydrogen) atoms. The molecule has 3 rings (SSSR count). The summed E-state index contributed by atoms with van der Waals surface area (Å²) in [5.41, 5.74) is 3.60. The molecule has 1 aromatic heterocycles. The first-order valence-corrected chi connectivity index (χ1v) is 5.93. The molecular formula is C15H15NO. The molecule has 2 aromatic carbocycles. The average Bonchev–Trinajstić information content (AvgIpc) is 2.65. The highest BCUT2D eigenvalue weighted by atomic mass is 16.5. The smallest absolute Gasteiger partial charge is 0.121 e. The zero-order valence-electron chi connectivity index (χ0n) is 10.1. The molecule has 0 atom stereocenters. The monoisotopic (exact) mass is 225 g/mol. The van der Waals surface area contributed by atoms with Crippen LogP contribution in [0.2, 0.25) is 0 Å². The van der Waals surface area contributed by atoms with Gasteiger partial charge in [0.2, 0.25) is 0 Å². The SMILES string of the molecule is CCOc1ccc2c(c1)[nH]c1cc(C)ccc12. The topological polar surface area (TPSA) is 25.0 Å². The fourth-order valence-corrected chi connectivity index (χ4v) is 2.26. The van der Waals surface area contributed by atoms with Crippen molar-refractivity contribution >= 4 is 21.8 Å². The number of aromatic nitrogens is 1. The largest absolute Gasteiger partial charge is 0.494 e. The van der Waals surface area contributed by atoms with Crippen molar-refractivity contribution in [3.8, 4) is 5.75 Å². The van der Waals surface area contributed by atoms with Crippen LogP contribution in [0.15, 0.2) is 36.4 Å². The third-order valence-electron chi connectivity index (χ3n) is 3.04. The van der Waals surface area contributed by atoms with E-state index in [-0.39, 0.29) is 0 Å². The summed E-state index contributed by atoms with van der Waals surface area (Å²) in [7, 11) is 0. The molecule has 86 valence electrons. The Morgan fingerprint density at radius 3 is 2.47 bits per heavy atom. The van der Waals surface area contributed by atoms with Crippen LogP contribution in [0.3, 0.4) is 0 Å². The number of hydrogen-bond donors (Lipinski definition) is 1. The van der Waals surface area contributed by atoms with E-state index in [1.54, 1.807) is 0 Å². The summed E-state index contributed by atoms with van der Waals surface area (Å²) in [5, 5.41) is 2.53. The van der Waals surface area contributed by atoms with Gasteiger partial charge in [0.25, 0.3) is 0 Å². The quantitative estimate of drug-likeness (QED) is 0.699. The first-order valence-electron chi connectivity index (χ1n) is 5.93. The van der Waals surface area contributed by atoms with Gasteiger partial charge < -0.3 is 9.72 Å². The molecule has 0 unspecified atom stereocenters. The van der Waals surface area contributed by atoms with Crippen molar-refractivity contribution in [1.29, 1.82) is 0 Å². The molecule has 0 radical (unpaired) electrons. The van der Waals surface area contributed by atoms with Crippen LogP contribution in [0.4, 0.5) is 0 Å². The number of aryl methyl sites for hydroxylation is 1. The van der Waals surface area contributed by atoms with Crippen LogP contribution >= 0.6 is 0 Å². The van der Waals surface area contributed by atoms with E-state index in [0.29, 0.717) is 6.61 Å². The fourth-order valence-electron chi connectivity index (χ4n) is 2.26. The van der Waals surface area contributed by atoms with Crippen molar-refractivity contribution in [3.05, 3.63) is 42.0 Å². The highest BCUT2D eigenvalue weighted by Crippen LogP contribution is 2.28. The summed E-state index contributed by atoms with van der Waals surface area (Å²) >= 11 is 0. The molecule has 0 aliphatic rings. The van der Waals surface area contributed by atoms with Gasteiger partial charge in [-0.2, -0.15) is 0 Å². The lowest BCUT2D eigenvalue weighted by Gasteiger charge is -2.01. The number of aromatic amines is 1. The zero-order valence-corrected chi connectivity index (χ0v) is 10.1. The molecule has 1 N–H and O–H groups in total. The lowest BCUT2D eigenvalue weighted by molar-refractivity contribution is 0.340. The summed E-state index contributed by atoms with van der Waals surface area (Å²) in [4.78, 5) is 3.44. The van der Waals surface area contributed by atoms with Crippen molar-refractivity contribution in [1.82, 2.24) is 4.98 Å². The minimum Gasteiger partial charge on any atom is -0.494 e. The van der Waals surface area contributed by atoms with Gasteiger partial charge in [-0.25, -0.2) is 0 Å². The van der Waals surface area contributed by atoms with Crippen LogP contribution in [-0.4, -0.2) is 11.6 Å². The number of nitrogens with one attached hydrogen (secondary N) is 1. The molecule has 3 aromatic rings. The number of H-pyrrole nitrogens is 1. The van der Waals surface area contributed by atoms with Gasteiger partial charge in [-0.3, -0.25) is 0 Å². The van der Waals surface area contributed by atoms with Crippen molar-refractivity contribution in [2.75, 3.05) is 6.61 Å². The Morgan fingerprint density at radius 1 is 1.00 bits per heavy atom. The standard InChI is InChI=1S/C15H15NO/c1-3-17-11-5-7-13-12-6-4-10(2)8-14(12)16-15(13)9-11/h4-9,16H,3H2,1-2H3. The summed E-state index contributed by atoms with van der Waals surface area (Å²) in [6.07, 6.45) is 0. The average molecular weight is 225 g/mol.